The molecule has 3 aromatic rings. The molecular weight excluding hydrogens is 392 g/mol. The van der Waals surface area contributed by atoms with E-state index in [-0.39, 0.29) is 0 Å². The fraction of sp³-hybridized carbons (Fsp3) is 0.200. The second-order valence-electron chi connectivity index (χ2n) is 7.23. The van der Waals surface area contributed by atoms with Gasteiger partial charge in [0.2, 0.25) is 0 Å². The van der Waals surface area contributed by atoms with Crippen molar-refractivity contribution in [2.75, 3.05) is 12.3 Å². The van der Waals surface area contributed by atoms with Crippen LogP contribution in [0.15, 0.2) is 78.9 Å². The summed E-state index contributed by atoms with van der Waals surface area (Å²) in [6.45, 7) is 0.411. The average Bonchev–Trinajstić information content (AvgIpc) is 2.79. The van der Waals surface area contributed by atoms with Crippen molar-refractivity contribution in [2.24, 2.45) is 0 Å². The van der Waals surface area contributed by atoms with Crippen LogP contribution < -0.4 is 15.8 Å². The Bertz CT molecular complexity index is 1010. The van der Waals surface area contributed by atoms with Gasteiger partial charge in [-0.1, -0.05) is 60.7 Å². The van der Waals surface area contributed by atoms with Crippen LogP contribution in [0.3, 0.4) is 0 Å². The number of ether oxygens (including phenoxy) is 1. The second-order valence-corrected chi connectivity index (χ2v) is 7.23. The van der Waals surface area contributed by atoms with Crippen LogP contribution in [0.4, 0.5) is 5.69 Å². The summed E-state index contributed by atoms with van der Waals surface area (Å²) < 4.78 is 5.77. The minimum absolute atomic E-state index is 0.292. The van der Waals surface area contributed by atoms with E-state index in [1.807, 2.05) is 60.7 Å². The minimum Gasteiger partial charge on any atom is -0.491 e. The van der Waals surface area contributed by atoms with Crippen LogP contribution >= 0.6 is 0 Å². The van der Waals surface area contributed by atoms with Gasteiger partial charge in [-0.2, -0.15) is 0 Å². The van der Waals surface area contributed by atoms with Gasteiger partial charge in [-0.15, -0.1) is 0 Å². The molecule has 0 heterocycles. The standard InChI is InChI=1S/C25H26N2O4/c26-21-13-12-20(17-23(21)31-16-15-19-9-5-2-6-10-19)24(28)27-22(25(29)30)14-11-18-7-3-1-4-8-18/h1-10,12-13,17,22H,11,14-16,26H2,(H,27,28)(H,29,30)/t22-/m0/s1. The summed E-state index contributed by atoms with van der Waals surface area (Å²) in [7, 11) is 0. The lowest BCUT2D eigenvalue weighted by atomic mass is 10.0. The zero-order valence-corrected chi connectivity index (χ0v) is 17.2. The van der Waals surface area contributed by atoms with Gasteiger partial charge in [-0.3, -0.25) is 4.79 Å². The first-order chi connectivity index (χ1) is 15.0. The van der Waals surface area contributed by atoms with E-state index in [4.69, 9.17) is 10.5 Å². The van der Waals surface area contributed by atoms with Gasteiger partial charge in [0.25, 0.3) is 5.91 Å². The van der Waals surface area contributed by atoms with E-state index >= 15 is 0 Å². The molecule has 0 unspecified atom stereocenters. The number of aryl methyl sites for hydroxylation is 1. The van der Waals surface area contributed by atoms with Crippen LogP contribution in [0.1, 0.15) is 27.9 Å². The zero-order chi connectivity index (χ0) is 22.1. The van der Waals surface area contributed by atoms with E-state index in [1.165, 1.54) is 0 Å². The lowest BCUT2D eigenvalue weighted by Gasteiger charge is -2.16. The van der Waals surface area contributed by atoms with Crippen LogP contribution in [-0.4, -0.2) is 29.6 Å². The molecule has 0 spiro atoms. The molecule has 0 radical (unpaired) electrons. The molecule has 160 valence electrons. The number of nitrogens with one attached hydrogen (secondary N) is 1. The van der Waals surface area contributed by atoms with Crippen LogP contribution in [0, 0.1) is 0 Å². The molecule has 0 fully saturated rings. The molecule has 3 rings (SSSR count). The molecule has 6 nitrogen and oxygen atoms in total. The monoisotopic (exact) mass is 418 g/mol. The summed E-state index contributed by atoms with van der Waals surface area (Å²) >= 11 is 0. The predicted octanol–water partition coefficient (Wildman–Crippen LogP) is 3.71. The largest absolute Gasteiger partial charge is 0.491 e. The molecule has 1 amide bonds. The number of rotatable bonds is 10. The van der Waals surface area contributed by atoms with Crippen molar-refractivity contribution in [3.8, 4) is 5.75 Å². The van der Waals surface area contributed by atoms with E-state index in [2.05, 4.69) is 5.32 Å². The molecule has 0 aromatic heterocycles. The molecule has 0 aliphatic rings. The molecule has 31 heavy (non-hydrogen) atoms. The molecule has 0 saturated heterocycles. The maximum Gasteiger partial charge on any atom is 0.326 e. The Balaban J connectivity index is 1.60. The van der Waals surface area contributed by atoms with Crippen molar-refractivity contribution >= 4 is 17.6 Å². The number of benzene rings is 3. The van der Waals surface area contributed by atoms with Gasteiger partial charge >= 0.3 is 5.97 Å². The van der Waals surface area contributed by atoms with Gasteiger partial charge in [0.1, 0.15) is 11.8 Å². The maximum atomic E-state index is 12.7. The highest BCUT2D eigenvalue weighted by Gasteiger charge is 2.21. The van der Waals surface area contributed by atoms with Gasteiger partial charge in [0.05, 0.1) is 12.3 Å². The molecule has 0 aliphatic carbocycles. The summed E-state index contributed by atoms with van der Waals surface area (Å²) in [5.74, 6) is -1.15. The second kappa shape index (κ2) is 10.8. The average molecular weight is 418 g/mol. The predicted molar refractivity (Wildman–Crippen MR) is 120 cm³/mol. The molecule has 0 aliphatic heterocycles. The first-order valence-electron chi connectivity index (χ1n) is 10.2. The number of carbonyl (C=O) groups excluding carboxylic acids is 1. The van der Waals surface area contributed by atoms with Gasteiger partial charge < -0.3 is 20.9 Å². The molecular formula is C25H26N2O4. The molecule has 1 atom stereocenters. The topological polar surface area (TPSA) is 102 Å². The van der Waals surface area contributed by atoms with Crippen molar-refractivity contribution in [2.45, 2.75) is 25.3 Å². The Morgan fingerprint density at radius 3 is 2.13 bits per heavy atom. The number of amides is 1. The van der Waals surface area contributed by atoms with Crippen molar-refractivity contribution in [1.82, 2.24) is 5.32 Å². The molecule has 0 saturated carbocycles. The highest BCUT2D eigenvalue weighted by molar-refractivity contribution is 5.97. The van der Waals surface area contributed by atoms with Crippen LogP contribution in [0.25, 0.3) is 0 Å². The first-order valence-corrected chi connectivity index (χ1v) is 10.2. The number of aliphatic carboxylic acids is 1. The molecule has 6 heteroatoms. The van der Waals surface area contributed by atoms with E-state index in [0.29, 0.717) is 42.9 Å². The number of nitrogens with two attached hydrogens (primary N) is 1. The highest BCUT2D eigenvalue weighted by atomic mass is 16.5. The summed E-state index contributed by atoms with van der Waals surface area (Å²) in [4.78, 5) is 24.3. The quantitative estimate of drug-likeness (QED) is 0.436. The Labute approximate surface area is 181 Å². The van der Waals surface area contributed by atoms with Crippen molar-refractivity contribution in [3.63, 3.8) is 0 Å². The third-order valence-corrected chi connectivity index (χ3v) is 4.93. The Hall–Kier alpha value is -3.80. The van der Waals surface area contributed by atoms with E-state index < -0.39 is 17.9 Å². The van der Waals surface area contributed by atoms with Crippen LogP contribution in [0.5, 0.6) is 5.75 Å². The van der Waals surface area contributed by atoms with Gasteiger partial charge in [-0.25, -0.2) is 4.79 Å². The Morgan fingerprint density at radius 2 is 1.52 bits per heavy atom. The number of nitrogen functional groups attached to an aromatic ring is 1. The van der Waals surface area contributed by atoms with Crippen molar-refractivity contribution in [3.05, 3.63) is 95.6 Å². The summed E-state index contributed by atoms with van der Waals surface area (Å²) in [6.07, 6.45) is 1.55. The third-order valence-electron chi connectivity index (χ3n) is 4.93. The smallest absolute Gasteiger partial charge is 0.326 e. The highest BCUT2D eigenvalue weighted by Crippen LogP contribution is 2.23. The van der Waals surface area contributed by atoms with E-state index in [9.17, 15) is 14.7 Å². The normalized spacial score (nSPS) is 11.5. The number of anilines is 1. The summed E-state index contributed by atoms with van der Waals surface area (Å²) in [6, 6.07) is 23.2. The number of hydrogen-bond acceptors (Lipinski definition) is 4. The minimum atomic E-state index is -1.07. The number of carboxylic acids is 1. The van der Waals surface area contributed by atoms with Crippen LogP contribution in [0.2, 0.25) is 0 Å². The Kier molecular flexibility index (Phi) is 7.65. The Morgan fingerprint density at radius 1 is 0.903 bits per heavy atom. The number of carbonyl (C=O) groups is 2. The molecule has 3 aromatic carbocycles. The van der Waals surface area contributed by atoms with Crippen molar-refractivity contribution in [1.29, 1.82) is 0 Å². The van der Waals surface area contributed by atoms with Gasteiger partial charge in [0.15, 0.2) is 0 Å². The lowest BCUT2D eigenvalue weighted by molar-refractivity contribution is -0.139. The lowest BCUT2D eigenvalue weighted by Crippen LogP contribution is -2.41. The summed E-state index contributed by atoms with van der Waals surface area (Å²) in [5.41, 5.74) is 8.86. The van der Waals surface area contributed by atoms with Crippen LogP contribution in [-0.2, 0) is 17.6 Å². The third kappa shape index (κ3) is 6.60. The zero-order valence-electron chi connectivity index (χ0n) is 17.2. The fourth-order valence-corrected chi connectivity index (χ4v) is 3.18. The first kappa shape index (κ1) is 21.9. The number of carboxylic acid groups (broad SMARTS) is 1. The van der Waals surface area contributed by atoms with E-state index in [1.54, 1.807) is 18.2 Å². The summed E-state index contributed by atoms with van der Waals surface area (Å²) in [5, 5.41) is 12.1. The van der Waals surface area contributed by atoms with Gasteiger partial charge in [0, 0.05) is 12.0 Å². The molecule has 0 bridgehead atoms. The number of hydrogen-bond donors (Lipinski definition) is 3. The maximum absolute atomic E-state index is 12.7. The molecule has 4 N–H and O–H groups in total. The SMILES string of the molecule is Nc1ccc(C(=O)N[C@@H](CCc2ccccc2)C(=O)O)cc1OCCc1ccccc1. The van der Waals surface area contributed by atoms with E-state index in [0.717, 1.165) is 11.1 Å². The van der Waals surface area contributed by atoms with Crippen molar-refractivity contribution < 1.29 is 19.4 Å². The fourth-order valence-electron chi connectivity index (χ4n) is 3.18. The van der Waals surface area contributed by atoms with Gasteiger partial charge in [-0.05, 0) is 42.2 Å².